The first-order valence-electron chi connectivity index (χ1n) is 10.5. The summed E-state index contributed by atoms with van der Waals surface area (Å²) in [6.45, 7) is 4.84. The molecule has 1 fully saturated rings. The molecule has 7 heteroatoms. The molecule has 1 aliphatic rings. The van der Waals surface area contributed by atoms with Gasteiger partial charge in [0.05, 0.1) is 6.61 Å². The third kappa shape index (κ3) is 6.41. The summed E-state index contributed by atoms with van der Waals surface area (Å²) in [6.07, 6.45) is 6.20. The highest BCUT2D eigenvalue weighted by Gasteiger charge is 2.16. The van der Waals surface area contributed by atoms with Gasteiger partial charge >= 0.3 is 0 Å². The molecule has 1 saturated carbocycles. The van der Waals surface area contributed by atoms with Gasteiger partial charge in [-0.3, -0.25) is 9.59 Å². The number of H-pyrrole nitrogens is 1. The number of nitrogens with one attached hydrogen (secondary N) is 2. The maximum absolute atomic E-state index is 12.3. The van der Waals surface area contributed by atoms with E-state index < -0.39 is 0 Å². The summed E-state index contributed by atoms with van der Waals surface area (Å²) >= 11 is 0. The van der Waals surface area contributed by atoms with Gasteiger partial charge in [0.1, 0.15) is 11.4 Å². The number of hydrogen-bond donors (Lipinski definition) is 2. The fraction of sp³-hybridized carbons (Fsp3) is 0.545. The van der Waals surface area contributed by atoms with E-state index in [0.29, 0.717) is 18.3 Å². The number of carbonyl (C=O) groups excluding carboxylic acids is 1. The molecule has 0 unspecified atom stereocenters. The van der Waals surface area contributed by atoms with Crippen molar-refractivity contribution in [3.63, 3.8) is 0 Å². The Labute approximate surface area is 171 Å². The smallest absolute Gasteiger partial charge is 0.273 e. The van der Waals surface area contributed by atoms with Crippen molar-refractivity contribution in [1.82, 2.24) is 20.5 Å². The SMILES string of the molecule is CC(C)COc1ccc(-c2nnc(CCC(=O)NC3CCCCC3)c(=O)[nH]2)cc1. The summed E-state index contributed by atoms with van der Waals surface area (Å²) < 4.78 is 5.66. The van der Waals surface area contributed by atoms with E-state index in [1.54, 1.807) is 0 Å². The van der Waals surface area contributed by atoms with E-state index in [-0.39, 0.29) is 36.0 Å². The van der Waals surface area contributed by atoms with Gasteiger partial charge in [0.25, 0.3) is 5.56 Å². The molecule has 2 aromatic rings. The van der Waals surface area contributed by atoms with Gasteiger partial charge in [0, 0.05) is 24.4 Å². The number of aromatic nitrogens is 3. The van der Waals surface area contributed by atoms with Gasteiger partial charge in [-0.25, -0.2) is 0 Å². The minimum atomic E-state index is -0.305. The summed E-state index contributed by atoms with van der Waals surface area (Å²) in [4.78, 5) is 27.2. The average molecular weight is 399 g/mol. The Kier molecular flexibility index (Phi) is 7.38. The first kappa shape index (κ1) is 21.0. The molecule has 2 N–H and O–H groups in total. The molecule has 3 rings (SSSR count). The Morgan fingerprint density at radius 1 is 1.17 bits per heavy atom. The van der Waals surface area contributed by atoms with E-state index in [2.05, 4.69) is 34.3 Å². The van der Waals surface area contributed by atoms with Crippen LogP contribution in [0.25, 0.3) is 11.4 Å². The van der Waals surface area contributed by atoms with Gasteiger partial charge in [0.15, 0.2) is 5.82 Å². The van der Waals surface area contributed by atoms with Crippen LogP contribution in [-0.4, -0.2) is 33.7 Å². The highest BCUT2D eigenvalue weighted by atomic mass is 16.5. The number of amides is 1. The first-order valence-corrected chi connectivity index (χ1v) is 10.5. The molecule has 1 amide bonds. The zero-order valence-corrected chi connectivity index (χ0v) is 17.2. The van der Waals surface area contributed by atoms with Gasteiger partial charge in [-0.05, 0) is 43.0 Å². The lowest BCUT2D eigenvalue weighted by Crippen LogP contribution is -2.36. The van der Waals surface area contributed by atoms with Gasteiger partial charge < -0.3 is 15.0 Å². The molecule has 156 valence electrons. The van der Waals surface area contributed by atoms with Crippen LogP contribution in [0.15, 0.2) is 29.1 Å². The number of carbonyl (C=O) groups is 1. The molecule has 0 aliphatic heterocycles. The lowest BCUT2D eigenvalue weighted by Gasteiger charge is -2.22. The van der Waals surface area contributed by atoms with Crippen LogP contribution in [0.5, 0.6) is 5.75 Å². The molecule has 29 heavy (non-hydrogen) atoms. The van der Waals surface area contributed by atoms with Crippen LogP contribution in [0.3, 0.4) is 0 Å². The summed E-state index contributed by atoms with van der Waals surface area (Å²) in [5, 5.41) is 11.2. The third-order valence-electron chi connectivity index (χ3n) is 5.03. The summed E-state index contributed by atoms with van der Waals surface area (Å²) in [6, 6.07) is 7.65. The predicted molar refractivity (Wildman–Crippen MR) is 112 cm³/mol. The zero-order valence-electron chi connectivity index (χ0n) is 17.2. The minimum Gasteiger partial charge on any atom is -0.493 e. The van der Waals surface area contributed by atoms with E-state index in [4.69, 9.17) is 4.74 Å². The van der Waals surface area contributed by atoms with Crippen molar-refractivity contribution in [3.8, 4) is 17.1 Å². The maximum Gasteiger partial charge on any atom is 0.273 e. The number of hydrogen-bond acceptors (Lipinski definition) is 5. The van der Waals surface area contributed by atoms with Crippen molar-refractivity contribution >= 4 is 5.91 Å². The van der Waals surface area contributed by atoms with Crippen LogP contribution in [0.4, 0.5) is 0 Å². The van der Waals surface area contributed by atoms with Crippen molar-refractivity contribution in [1.29, 1.82) is 0 Å². The van der Waals surface area contributed by atoms with Gasteiger partial charge in [-0.15, -0.1) is 10.2 Å². The highest BCUT2D eigenvalue weighted by Crippen LogP contribution is 2.19. The highest BCUT2D eigenvalue weighted by molar-refractivity contribution is 5.76. The Bertz CT molecular complexity index is 855. The van der Waals surface area contributed by atoms with Crippen molar-refractivity contribution < 1.29 is 9.53 Å². The van der Waals surface area contributed by atoms with Gasteiger partial charge in [-0.2, -0.15) is 0 Å². The standard InChI is InChI=1S/C22H30N4O3/c1-15(2)14-29-18-10-8-16(9-11-18)21-24-22(28)19(25-26-21)12-13-20(27)23-17-6-4-3-5-7-17/h8-11,15,17H,3-7,12-14H2,1-2H3,(H,23,27)(H,24,26,28). The van der Waals surface area contributed by atoms with Crippen molar-refractivity contribution in [2.75, 3.05) is 6.61 Å². The van der Waals surface area contributed by atoms with Crippen LogP contribution in [0.1, 0.15) is 58.1 Å². The molecule has 1 aromatic carbocycles. The zero-order chi connectivity index (χ0) is 20.6. The Hall–Kier alpha value is -2.70. The molecule has 1 aromatic heterocycles. The lowest BCUT2D eigenvalue weighted by molar-refractivity contribution is -0.122. The Morgan fingerprint density at radius 3 is 2.55 bits per heavy atom. The third-order valence-corrected chi connectivity index (χ3v) is 5.03. The number of nitrogens with zero attached hydrogens (tertiary/aromatic N) is 2. The van der Waals surface area contributed by atoms with Crippen molar-refractivity contribution in [3.05, 3.63) is 40.3 Å². The molecule has 0 saturated heterocycles. The second kappa shape index (κ2) is 10.2. The van der Waals surface area contributed by atoms with E-state index in [0.717, 1.165) is 24.2 Å². The van der Waals surface area contributed by atoms with Crippen LogP contribution < -0.4 is 15.6 Å². The number of aryl methyl sites for hydroxylation is 1. The Morgan fingerprint density at radius 2 is 1.90 bits per heavy atom. The molecule has 0 atom stereocenters. The molecule has 0 spiro atoms. The molecular weight excluding hydrogens is 368 g/mol. The van der Waals surface area contributed by atoms with Crippen LogP contribution in [-0.2, 0) is 11.2 Å². The van der Waals surface area contributed by atoms with Gasteiger partial charge in [0.2, 0.25) is 5.91 Å². The maximum atomic E-state index is 12.3. The molecule has 0 radical (unpaired) electrons. The normalized spacial score (nSPS) is 14.7. The van der Waals surface area contributed by atoms with E-state index in [9.17, 15) is 9.59 Å². The molecular formula is C22H30N4O3. The van der Waals surface area contributed by atoms with Crippen molar-refractivity contribution in [2.24, 2.45) is 5.92 Å². The Balaban J connectivity index is 1.55. The van der Waals surface area contributed by atoms with Crippen LogP contribution >= 0.6 is 0 Å². The quantitative estimate of drug-likeness (QED) is 0.711. The van der Waals surface area contributed by atoms with Gasteiger partial charge in [-0.1, -0.05) is 33.1 Å². The summed E-state index contributed by atoms with van der Waals surface area (Å²) in [7, 11) is 0. The second-order valence-electron chi connectivity index (χ2n) is 8.08. The molecule has 1 aliphatic carbocycles. The molecule has 1 heterocycles. The van der Waals surface area contributed by atoms with E-state index in [1.807, 2.05) is 24.3 Å². The van der Waals surface area contributed by atoms with E-state index >= 15 is 0 Å². The van der Waals surface area contributed by atoms with Crippen LogP contribution in [0.2, 0.25) is 0 Å². The largest absolute Gasteiger partial charge is 0.493 e. The minimum absolute atomic E-state index is 0.0286. The first-order chi connectivity index (χ1) is 14.0. The fourth-order valence-electron chi connectivity index (χ4n) is 3.40. The number of benzene rings is 1. The second-order valence-corrected chi connectivity index (χ2v) is 8.08. The van der Waals surface area contributed by atoms with E-state index in [1.165, 1.54) is 19.3 Å². The molecule has 7 nitrogen and oxygen atoms in total. The summed E-state index contributed by atoms with van der Waals surface area (Å²) in [5.41, 5.74) is 0.734. The van der Waals surface area contributed by atoms with Crippen molar-refractivity contribution in [2.45, 2.75) is 64.8 Å². The number of aromatic amines is 1. The monoisotopic (exact) mass is 398 g/mol. The number of rotatable bonds is 8. The number of ether oxygens (including phenoxy) is 1. The topological polar surface area (TPSA) is 97.0 Å². The average Bonchev–Trinajstić information content (AvgIpc) is 2.72. The molecule has 0 bridgehead atoms. The fourth-order valence-corrected chi connectivity index (χ4v) is 3.40. The summed E-state index contributed by atoms with van der Waals surface area (Å²) in [5.74, 6) is 1.60. The van der Waals surface area contributed by atoms with Crippen LogP contribution in [0, 0.1) is 5.92 Å². The predicted octanol–water partition coefficient (Wildman–Crippen LogP) is 3.25. The lowest BCUT2D eigenvalue weighted by atomic mass is 9.95.